The van der Waals surface area contributed by atoms with E-state index in [-0.39, 0.29) is 30.3 Å². The van der Waals surface area contributed by atoms with Crippen molar-refractivity contribution in [1.82, 2.24) is 25.1 Å². The van der Waals surface area contributed by atoms with Crippen molar-refractivity contribution in [2.75, 3.05) is 71.5 Å². The molecule has 0 saturated carbocycles. The van der Waals surface area contributed by atoms with E-state index in [1.807, 2.05) is 20.8 Å². The number of halogens is 3. The van der Waals surface area contributed by atoms with Crippen molar-refractivity contribution in [3.05, 3.63) is 17.6 Å². The van der Waals surface area contributed by atoms with Gasteiger partial charge in [-0.15, -0.1) is 0 Å². The van der Waals surface area contributed by atoms with Crippen molar-refractivity contribution < 1.29 is 32.2 Å². The quantitative estimate of drug-likeness (QED) is 0.422. The van der Waals surface area contributed by atoms with Gasteiger partial charge in [0.15, 0.2) is 0 Å². The van der Waals surface area contributed by atoms with Gasteiger partial charge in [-0.1, -0.05) is 20.8 Å². The lowest BCUT2D eigenvalue weighted by Crippen LogP contribution is -2.55. The lowest BCUT2D eigenvalue weighted by atomic mass is 9.92. The summed E-state index contributed by atoms with van der Waals surface area (Å²) in [6.45, 7) is 8.80. The normalized spacial score (nSPS) is 20.5. The number of carbonyl (C=O) groups is 2. The molecule has 1 aromatic rings. The van der Waals surface area contributed by atoms with E-state index in [0.717, 1.165) is 0 Å². The molecule has 2 saturated heterocycles. The number of methoxy groups -OCH3 is 1. The Hall–Kier alpha value is -2.51. The van der Waals surface area contributed by atoms with E-state index in [4.69, 9.17) is 9.47 Å². The maximum atomic E-state index is 13.9. The fourth-order valence-electron chi connectivity index (χ4n) is 4.70. The van der Waals surface area contributed by atoms with Crippen LogP contribution in [0.4, 0.5) is 19.0 Å². The highest BCUT2D eigenvalue weighted by atomic mass is 19.4. The third kappa shape index (κ3) is 9.00. The van der Waals surface area contributed by atoms with Crippen molar-refractivity contribution in [3.63, 3.8) is 0 Å². The van der Waals surface area contributed by atoms with Crippen molar-refractivity contribution in [1.29, 1.82) is 0 Å². The summed E-state index contributed by atoms with van der Waals surface area (Å²) in [6.07, 6.45) is -3.30. The molecule has 13 heteroatoms. The summed E-state index contributed by atoms with van der Waals surface area (Å²) in [5.41, 5.74) is -0.301. The summed E-state index contributed by atoms with van der Waals surface area (Å²) in [5, 5.41) is 6.32. The zero-order valence-electron chi connectivity index (χ0n) is 23.3. The van der Waals surface area contributed by atoms with Gasteiger partial charge in [0.1, 0.15) is 17.2 Å². The van der Waals surface area contributed by atoms with E-state index in [9.17, 15) is 22.8 Å². The minimum absolute atomic E-state index is 0.0721. The van der Waals surface area contributed by atoms with Crippen LogP contribution in [0.5, 0.6) is 0 Å². The average molecular weight is 559 g/mol. The molecule has 0 spiro atoms. The van der Waals surface area contributed by atoms with Gasteiger partial charge >= 0.3 is 6.18 Å². The van der Waals surface area contributed by atoms with Gasteiger partial charge in [0.25, 0.3) is 5.91 Å². The number of morpholine rings is 1. The van der Waals surface area contributed by atoms with Crippen molar-refractivity contribution in [3.8, 4) is 0 Å². The summed E-state index contributed by atoms with van der Waals surface area (Å²) >= 11 is 0. The summed E-state index contributed by atoms with van der Waals surface area (Å²) in [7, 11) is 1.59. The van der Waals surface area contributed by atoms with Crippen LogP contribution >= 0.6 is 0 Å². The lowest BCUT2D eigenvalue weighted by molar-refractivity contribution is -0.142. The topological polar surface area (TPSA) is 109 Å². The number of hydrogen-bond acceptors (Lipinski definition) is 8. The molecule has 220 valence electrons. The number of nitrogens with one attached hydrogen (secondary N) is 2. The maximum Gasteiger partial charge on any atom is 0.390 e. The highest BCUT2D eigenvalue weighted by Gasteiger charge is 2.38. The van der Waals surface area contributed by atoms with E-state index in [1.54, 1.807) is 12.0 Å². The maximum absolute atomic E-state index is 13.9. The first-order valence-electron chi connectivity index (χ1n) is 13.5. The Labute approximate surface area is 228 Å². The Balaban J connectivity index is 1.88. The van der Waals surface area contributed by atoms with Gasteiger partial charge in [-0.2, -0.15) is 13.2 Å². The third-order valence-electron chi connectivity index (χ3n) is 6.84. The van der Waals surface area contributed by atoms with Crippen molar-refractivity contribution in [2.24, 2.45) is 5.92 Å². The molecule has 2 aliphatic rings. The molecule has 3 heterocycles. The van der Waals surface area contributed by atoms with Gasteiger partial charge in [-0.3, -0.25) is 9.59 Å². The molecule has 10 nitrogen and oxygen atoms in total. The van der Waals surface area contributed by atoms with Gasteiger partial charge in [-0.05, 0) is 12.8 Å². The second-order valence-corrected chi connectivity index (χ2v) is 11.0. The summed E-state index contributed by atoms with van der Waals surface area (Å²) < 4.78 is 50.4. The molecule has 2 N–H and O–H groups in total. The first-order chi connectivity index (χ1) is 18.4. The molecule has 2 atom stereocenters. The Kier molecular flexibility index (Phi) is 10.9. The molecular weight excluding hydrogens is 517 g/mol. The number of hydrogen-bond donors (Lipinski definition) is 2. The fraction of sp³-hybridized carbons (Fsp3) is 0.769. The van der Waals surface area contributed by atoms with Crippen LogP contribution in [-0.4, -0.2) is 110 Å². The minimum Gasteiger partial charge on any atom is -0.385 e. The highest BCUT2D eigenvalue weighted by molar-refractivity contribution is 5.98. The van der Waals surface area contributed by atoms with E-state index >= 15 is 0 Å². The highest BCUT2D eigenvalue weighted by Crippen LogP contribution is 2.27. The number of rotatable bonds is 10. The summed E-state index contributed by atoms with van der Waals surface area (Å²) in [5.74, 6) is -0.338. The van der Waals surface area contributed by atoms with Crippen LogP contribution in [0, 0.1) is 5.92 Å². The molecule has 0 aliphatic carbocycles. The largest absolute Gasteiger partial charge is 0.390 e. The fourth-order valence-corrected chi connectivity index (χ4v) is 4.70. The number of alkyl halides is 3. The lowest BCUT2D eigenvalue weighted by Gasteiger charge is -2.39. The van der Waals surface area contributed by atoms with E-state index < -0.39 is 42.4 Å². The second-order valence-electron chi connectivity index (χ2n) is 11.0. The summed E-state index contributed by atoms with van der Waals surface area (Å²) in [4.78, 5) is 38.9. The molecule has 0 radical (unpaired) electrons. The minimum atomic E-state index is -4.45. The van der Waals surface area contributed by atoms with Crippen LogP contribution in [0.2, 0.25) is 0 Å². The van der Waals surface area contributed by atoms with Crippen molar-refractivity contribution in [2.45, 2.75) is 57.7 Å². The summed E-state index contributed by atoms with van der Waals surface area (Å²) in [6, 6.07) is -0.604. The van der Waals surface area contributed by atoms with E-state index in [2.05, 4.69) is 20.6 Å². The monoisotopic (exact) mass is 558 g/mol. The van der Waals surface area contributed by atoms with Gasteiger partial charge < -0.3 is 29.9 Å². The number of nitrogens with zero attached hydrogens (tertiary/aromatic N) is 4. The Morgan fingerprint density at radius 1 is 1.23 bits per heavy atom. The number of ether oxygens (including phenoxy) is 2. The van der Waals surface area contributed by atoms with Crippen LogP contribution in [0.1, 0.15) is 56.2 Å². The zero-order chi connectivity index (χ0) is 28.6. The third-order valence-corrected chi connectivity index (χ3v) is 6.84. The molecule has 39 heavy (non-hydrogen) atoms. The molecule has 0 bridgehead atoms. The van der Waals surface area contributed by atoms with Crippen molar-refractivity contribution >= 4 is 17.6 Å². The smallest absolute Gasteiger partial charge is 0.385 e. The number of anilines is 1. The predicted molar refractivity (Wildman–Crippen MR) is 140 cm³/mol. The van der Waals surface area contributed by atoms with Gasteiger partial charge in [-0.25, -0.2) is 9.97 Å². The SMILES string of the molecule is COCCCNc1nc(C(C)(C)C)ncc1C(=O)N(CCC(F)(F)F)[C@@H]1CNC[C@H](C(=O)N2CCOCC2)C1. The number of aromatic nitrogens is 2. The predicted octanol–water partition coefficient (Wildman–Crippen LogP) is 2.45. The standard InChI is InChI=1S/C26H41F3N6O4/c1-25(2,3)24-32-17-20(21(33-24)31-7-5-11-38-4)23(37)35(8-6-26(27,28)29)19-14-18(15-30-16-19)22(36)34-9-12-39-13-10-34/h17-19,30H,5-16H2,1-4H3,(H,31,32,33)/t18-,19+/m1/s1. The van der Waals surface area contributed by atoms with Gasteiger partial charge in [0, 0.05) is 70.6 Å². The number of carbonyl (C=O) groups excluding carboxylic acids is 2. The average Bonchev–Trinajstić information content (AvgIpc) is 2.90. The van der Waals surface area contributed by atoms with E-state index in [0.29, 0.717) is 58.2 Å². The van der Waals surface area contributed by atoms with E-state index in [1.165, 1.54) is 11.1 Å². The first kappa shape index (κ1) is 31.0. The molecule has 2 fully saturated rings. The molecule has 3 rings (SSSR count). The first-order valence-corrected chi connectivity index (χ1v) is 13.5. The molecule has 2 amide bonds. The number of piperidine rings is 1. The Morgan fingerprint density at radius 3 is 2.59 bits per heavy atom. The van der Waals surface area contributed by atoms with Gasteiger partial charge in [0.05, 0.1) is 25.6 Å². The molecule has 1 aromatic heterocycles. The molecular formula is C26H41F3N6O4. The Morgan fingerprint density at radius 2 is 1.95 bits per heavy atom. The van der Waals surface area contributed by atoms with Crippen LogP contribution in [-0.2, 0) is 19.7 Å². The zero-order valence-corrected chi connectivity index (χ0v) is 23.3. The van der Waals surface area contributed by atoms with Gasteiger partial charge in [0.2, 0.25) is 5.91 Å². The van der Waals surface area contributed by atoms with Crippen LogP contribution < -0.4 is 10.6 Å². The molecule has 0 aromatic carbocycles. The molecule has 0 unspecified atom stereocenters. The van der Waals surface area contributed by atoms with Crippen LogP contribution in [0.15, 0.2) is 6.20 Å². The second kappa shape index (κ2) is 13.7. The van der Waals surface area contributed by atoms with Crippen LogP contribution in [0.25, 0.3) is 0 Å². The Bertz CT molecular complexity index is 966. The molecule has 2 aliphatic heterocycles. The van der Waals surface area contributed by atoms with Crippen LogP contribution in [0.3, 0.4) is 0 Å². The number of amides is 2.